The first-order valence-corrected chi connectivity index (χ1v) is 5.89. The number of thiophene rings is 1. The fourth-order valence-corrected chi connectivity index (χ4v) is 2.73. The second kappa shape index (κ2) is 3.65. The lowest BCUT2D eigenvalue weighted by atomic mass is 9.90. The lowest BCUT2D eigenvalue weighted by Crippen LogP contribution is -2.26. The fourth-order valence-electron chi connectivity index (χ4n) is 1.98. The summed E-state index contributed by atoms with van der Waals surface area (Å²) in [5.74, 6) is 0. The number of aliphatic hydroxyl groups is 1. The van der Waals surface area contributed by atoms with Crippen LogP contribution in [0.2, 0.25) is 0 Å². The van der Waals surface area contributed by atoms with Crippen molar-refractivity contribution in [2.45, 2.75) is 26.5 Å². The van der Waals surface area contributed by atoms with E-state index in [1.807, 2.05) is 0 Å². The molecule has 0 radical (unpaired) electrons. The fraction of sp³-hybridized carbons (Fsp3) is 0.636. The minimum absolute atomic E-state index is 0.0528. The van der Waals surface area contributed by atoms with Crippen LogP contribution >= 0.6 is 11.3 Å². The van der Waals surface area contributed by atoms with Crippen LogP contribution in [0.15, 0.2) is 17.5 Å². The number of likely N-dealkylation sites (tertiary alicyclic amines) is 1. The summed E-state index contributed by atoms with van der Waals surface area (Å²) >= 11 is 1.79. The zero-order chi connectivity index (χ0) is 10.2. The third-order valence-corrected chi connectivity index (χ3v) is 3.79. The van der Waals surface area contributed by atoms with Crippen molar-refractivity contribution in [1.29, 1.82) is 0 Å². The van der Waals surface area contributed by atoms with Gasteiger partial charge in [-0.15, -0.1) is 11.3 Å². The van der Waals surface area contributed by atoms with Crippen molar-refractivity contribution < 1.29 is 5.11 Å². The molecule has 0 aromatic carbocycles. The van der Waals surface area contributed by atoms with E-state index in [9.17, 15) is 5.11 Å². The zero-order valence-electron chi connectivity index (χ0n) is 8.73. The van der Waals surface area contributed by atoms with Crippen LogP contribution in [0.25, 0.3) is 0 Å². The Kier molecular flexibility index (Phi) is 2.64. The predicted molar refractivity (Wildman–Crippen MR) is 59.4 cm³/mol. The van der Waals surface area contributed by atoms with Crippen molar-refractivity contribution in [2.75, 3.05) is 13.1 Å². The highest BCUT2D eigenvalue weighted by molar-refractivity contribution is 7.09. The molecule has 2 nitrogen and oxygen atoms in total. The Morgan fingerprint density at radius 2 is 2.43 bits per heavy atom. The molecule has 1 unspecified atom stereocenters. The first-order valence-electron chi connectivity index (χ1n) is 5.01. The molecule has 1 fully saturated rings. The van der Waals surface area contributed by atoms with E-state index < -0.39 is 0 Å². The average molecular weight is 211 g/mol. The van der Waals surface area contributed by atoms with Crippen molar-refractivity contribution in [3.05, 3.63) is 22.4 Å². The van der Waals surface area contributed by atoms with Crippen LogP contribution < -0.4 is 0 Å². The number of rotatable bonds is 2. The van der Waals surface area contributed by atoms with Crippen molar-refractivity contribution in [2.24, 2.45) is 5.41 Å². The Labute approximate surface area is 89.2 Å². The second-order valence-corrected chi connectivity index (χ2v) is 5.79. The van der Waals surface area contributed by atoms with Gasteiger partial charge in [-0.1, -0.05) is 19.9 Å². The topological polar surface area (TPSA) is 23.5 Å². The molecule has 1 aromatic rings. The predicted octanol–water partition coefficient (Wildman–Crippen LogP) is 1.95. The van der Waals surface area contributed by atoms with Gasteiger partial charge in [0.2, 0.25) is 0 Å². The van der Waals surface area contributed by atoms with Crippen molar-refractivity contribution >= 4 is 11.3 Å². The molecule has 1 saturated heterocycles. The number of β-amino-alcohol motifs (C(OH)–C–C–N with tert-alkyl or cyclic N) is 1. The van der Waals surface area contributed by atoms with Gasteiger partial charge in [-0.25, -0.2) is 0 Å². The van der Waals surface area contributed by atoms with E-state index in [1.54, 1.807) is 11.3 Å². The van der Waals surface area contributed by atoms with Crippen LogP contribution in [0.5, 0.6) is 0 Å². The minimum Gasteiger partial charge on any atom is -0.391 e. The maximum absolute atomic E-state index is 9.82. The first kappa shape index (κ1) is 10.1. The summed E-state index contributed by atoms with van der Waals surface area (Å²) in [6, 6.07) is 4.24. The second-order valence-electron chi connectivity index (χ2n) is 4.75. The Morgan fingerprint density at radius 3 is 2.93 bits per heavy atom. The van der Waals surface area contributed by atoms with Gasteiger partial charge in [0.15, 0.2) is 0 Å². The van der Waals surface area contributed by atoms with Crippen LogP contribution in [0.4, 0.5) is 0 Å². The summed E-state index contributed by atoms with van der Waals surface area (Å²) in [4.78, 5) is 3.71. The molecule has 0 spiro atoms. The largest absolute Gasteiger partial charge is 0.391 e. The van der Waals surface area contributed by atoms with Crippen LogP contribution in [0, 0.1) is 5.41 Å². The van der Waals surface area contributed by atoms with Gasteiger partial charge >= 0.3 is 0 Å². The van der Waals surface area contributed by atoms with Gasteiger partial charge in [0, 0.05) is 29.9 Å². The molecular weight excluding hydrogens is 194 g/mol. The van der Waals surface area contributed by atoms with Crippen LogP contribution in [-0.4, -0.2) is 29.2 Å². The number of hydrogen-bond acceptors (Lipinski definition) is 3. The molecule has 1 aliphatic heterocycles. The average Bonchev–Trinajstić information content (AvgIpc) is 2.62. The SMILES string of the molecule is CC1(C)CN(Cc2cccs2)CC1O. The molecule has 1 N–H and O–H groups in total. The Hall–Kier alpha value is -0.380. The van der Waals surface area contributed by atoms with Gasteiger partial charge in [0.1, 0.15) is 0 Å². The number of aliphatic hydroxyl groups excluding tert-OH is 1. The molecule has 78 valence electrons. The normalized spacial score (nSPS) is 26.9. The lowest BCUT2D eigenvalue weighted by molar-refractivity contribution is 0.0955. The number of hydrogen-bond donors (Lipinski definition) is 1. The van der Waals surface area contributed by atoms with Gasteiger partial charge in [-0.3, -0.25) is 4.90 Å². The molecule has 1 aromatic heterocycles. The third-order valence-electron chi connectivity index (χ3n) is 2.92. The maximum Gasteiger partial charge on any atom is 0.0730 e. The monoisotopic (exact) mass is 211 g/mol. The molecule has 2 heterocycles. The Morgan fingerprint density at radius 1 is 1.64 bits per heavy atom. The van der Waals surface area contributed by atoms with Crippen LogP contribution in [0.3, 0.4) is 0 Å². The molecule has 0 bridgehead atoms. The van der Waals surface area contributed by atoms with E-state index in [4.69, 9.17) is 0 Å². The molecule has 0 amide bonds. The molecular formula is C11H17NOS. The summed E-state index contributed by atoms with van der Waals surface area (Å²) in [6.07, 6.45) is -0.178. The van der Waals surface area contributed by atoms with E-state index in [2.05, 4.69) is 36.3 Å². The quantitative estimate of drug-likeness (QED) is 0.808. The van der Waals surface area contributed by atoms with Gasteiger partial charge in [-0.2, -0.15) is 0 Å². The summed E-state index contributed by atoms with van der Waals surface area (Å²) in [6.45, 7) is 7.05. The highest BCUT2D eigenvalue weighted by Gasteiger charge is 2.37. The van der Waals surface area contributed by atoms with E-state index in [0.717, 1.165) is 19.6 Å². The molecule has 1 aliphatic rings. The van der Waals surface area contributed by atoms with Crippen LogP contribution in [-0.2, 0) is 6.54 Å². The molecule has 3 heteroatoms. The van der Waals surface area contributed by atoms with Crippen molar-refractivity contribution in [1.82, 2.24) is 4.90 Å². The summed E-state index contributed by atoms with van der Waals surface area (Å²) in [5.41, 5.74) is 0.0528. The number of nitrogens with zero attached hydrogens (tertiary/aromatic N) is 1. The van der Waals surface area contributed by atoms with Gasteiger partial charge in [-0.05, 0) is 11.4 Å². The van der Waals surface area contributed by atoms with Crippen molar-refractivity contribution in [3.63, 3.8) is 0 Å². The minimum atomic E-state index is -0.178. The van der Waals surface area contributed by atoms with Gasteiger partial charge < -0.3 is 5.11 Å². The summed E-state index contributed by atoms with van der Waals surface area (Å²) in [7, 11) is 0. The highest BCUT2D eigenvalue weighted by Crippen LogP contribution is 2.30. The van der Waals surface area contributed by atoms with Gasteiger partial charge in [0.05, 0.1) is 6.10 Å². The highest BCUT2D eigenvalue weighted by atomic mass is 32.1. The Balaban J connectivity index is 1.96. The molecule has 0 saturated carbocycles. The molecule has 0 aliphatic carbocycles. The van der Waals surface area contributed by atoms with Gasteiger partial charge in [0.25, 0.3) is 0 Å². The maximum atomic E-state index is 9.82. The van der Waals surface area contributed by atoms with E-state index in [0.29, 0.717) is 0 Å². The van der Waals surface area contributed by atoms with E-state index in [-0.39, 0.29) is 11.5 Å². The lowest BCUT2D eigenvalue weighted by Gasteiger charge is -2.20. The molecule has 2 rings (SSSR count). The zero-order valence-corrected chi connectivity index (χ0v) is 9.55. The standard InChI is InChI=1S/C11H17NOS/c1-11(2)8-12(7-10(11)13)6-9-4-3-5-14-9/h3-5,10,13H,6-8H2,1-2H3. The first-order chi connectivity index (χ1) is 6.58. The molecule has 14 heavy (non-hydrogen) atoms. The summed E-state index contributed by atoms with van der Waals surface area (Å²) < 4.78 is 0. The van der Waals surface area contributed by atoms with E-state index >= 15 is 0 Å². The van der Waals surface area contributed by atoms with E-state index in [1.165, 1.54) is 4.88 Å². The smallest absolute Gasteiger partial charge is 0.0730 e. The third kappa shape index (κ3) is 2.00. The Bertz CT molecular complexity index is 294. The molecule has 1 atom stereocenters. The van der Waals surface area contributed by atoms with Crippen LogP contribution in [0.1, 0.15) is 18.7 Å². The van der Waals surface area contributed by atoms with Crippen molar-refractivity contribution in [3.8, 4) is 0 Å². The summed E-state index contributed by atoms with van der Waals surface area (Å²) in [5, 5.41) is 11.9.